The maximum atomic E-state index is 11.9. The van der Waals surface area contributed by atoms with Crippen LogP contribution in [0, 0.1) is 0 Å². The molecule has 2 N–H and O–H groups in total. The Morgan fingerprint density at radius 3 is 2.32 bits per heavy atom. The van der Waals surface area contributed by atoms with Crippen LogP contribution < -0.4 is 5.73 Å². The zero-order valence-corrected chi connectivity index (χ0v) is 11.4. The molecular weight excluding hydrogens is 281 g/mol. The standard InChI is InChI=1S/C15H11Cl2NO/c16-13-7-4-11(9-14(13)17)15(19)8-3-10-1-5-12(18)6-2-10/h1-9H,18H2/b8-3+. The number of nitrogens with two attached hydrogens (primary N) is 1. The Kier molecular flexibility index (Phi) is 4.25. The Bertz CT molecular complexity index is 633. The average molecular weight is 292 g/mol. The first kappa shape index (κ1) is 13.7. The lowest BCUT2D eigenvalue weighted by atomic mass is 10.1. The molecule has 0 aromatic heterocycles. The van der Waals surface area contributed by atoms with Gasteiger partial charge in [-0.25, -0.2) is 0 Å². The average Bonchev–Trinajstić information content (AvgIpc) is 2.41. The van der Waals surface area contributed by atoms with Gasteiger partial charge in [0.1, 0.15) is 0 Å². The molecule has 0 saturated carbocycles. The minimum absolute atomic E-state index is 0.129. The van der Waals surface area contributed by atoms with Crippen LogP contribution in [0.3, 0.4) is 0 Å². The van der Waals surface area contributed by atoms with Crippen LogP contribution >= 0.6 is 23.2 Å². The highest BCUT2D eigenvalue weighted by molar-refractivity contribution is 6.42. The Labute approximate surface area is 121 Å². The van der Waals surface area contributed by atoms with E-state index in [0.717, 1.165) is 5.56 Å². The van der Waals surface area contributed by atoms with Crippen molar-refractivity contribution in [1.29, 1.82) is 0 Å². The smallest absolute Gasteiger partial charge is 0.185 e. The summed E-state index contributed by atoms with van der Waals surface area (Å²) in [5.41, 5.74) is 7.68. The van der Waals surface area contributed by atoms with E-state index >= 15 is 0 Å². The van der Waals surface area contributed by atoms with E-state index in [-0.39, 0.29) is 5.78 Å². The maximum absolute atomic E-state index is 11.9. The number of carbonyl (C=O) groups is 1. The van der Waals surface area contributed by atoms with E-state index in [0.29, 0.717) is 21.3 Å². The molecule has 0 atom stereocenters. The minimum atomic E-state index is -0.129. The number of ketones is 1. The second-order valence-corrected chi connectivity index (χ2v) is 4.81. The number of benzene rings is 2. The van der Waals surface area contributed by atoms with Gasteiger partial charge < -0.3 is 5.73 Å². The Hall–Kier alpha value is -1.77. The molecule has 0 unspecified atom stereocenters. The number of carbonyl (C=O) groups excluding carboxylic acids is 1. The van der Waals surface area contributed by atoms with Crippen LogP contribution in [0.15, 0.2) is 48.5 Å². The van der Waals surface area contributed by atoms with Gasteiger partial charge in [-0.3, -0.25) is 4.79 Å². The van der Waals surface area contributed by atoms with Crippen LogP contribution in [0.4, 0.5) is 5.69 Å². The minimum Gasteiger partial charge on any atom is -0.399 e. The molecule has 0 aliphatic heterocycles. The number of hydrogen-bond donors (Lipinski definition) is 1. The Morgan fingerprint density at radius 1 is 1.00 bits per heavy atom. The van der Waals surface area contributed by atoms with Crippen molar-refractivity contribution in [2.45, 2.75) is 0 Å². The fourth-order valence-electron chi connectivity index (χ4n) is 1.52. The van der Waals surface area contributed by atoms with E-state index in [2.05, 4.69) is 0 Å². The lowest BCUT2D eigenvalue weighted by Crippen LogP contribution is -1.93. The van der Waals surface area contributed by atoms with Crippen molar-refractivity contribution in [3.8, 4) is 0 Å². The molecule has 2 aromatic carbocycles. The van der Waals surface area contributed by atoms with Crippen LogP contribution in [0.25, 0.3) is 6.08 Å². The van der Waals surface area contributed by atoms with Gasteiger partial charge in [0, 0.05) is 11.3 Å². The van der Waals surface area contributed by atoms with Crippen molar-refractivity contribution in [2.75, 3.05) is 5.73 Å². The normalized spacial score (nSPS) is 10.8. The van der Waals surface area contributed by atoms with Gasteiger partial charge in [0.05, 0.1) is 10.0 Å². The summed E-state index contributed by atoms with van der Waals surface area (Å²) < 4.78 is 0. The van der Waals surface area contributed by atoms with Gasteiger partial charge in [-0.1, -0.05) is 41.4 Å². The summed E-state index contributed by atoms with van der Waals surface area (Å²) in [6.45, 7) is 0. The number of halogens is 2. The summed E-state index contributed by atoms with van der Waals surface area (Å²) in [7, 11) is 0. The van der Waals surface area contributed by atoms with Gasteiger partial charge in [0.2, 0.25) is 0 Å². The molecule has 0 fully saturated rings. The topological polar surface area (TPSA) is 43.1 Å². The number of allylic oxidation sites excluding steroid dienone is 1. The van der Waals surface area contributed by atoms with Gasteiger partial charge in [-0.05, 0) is 42.0 Å². The van der Waals surface area contributed by atoms with Gasteiger partial charge in [0.15, 0.2) is 5.78 Å². The first-order chi connectivity index (χ1) is 9.06. The number of anilines is 1. The second-order valence-electron chi connectivity index (χ2n) is 3.99. The third-order valence-corrected chi connectivity index (χ3v) is 3.31. The van der Waals surface area contributed by atoms with Crippen molar-refractivity contribution in [2.24, 2.45) is 0 Å². The fourth-order valence-corrected chi connectivity index (χ4v) is 1.82. The highest BCUT2D eigenvalue weighted by Crippen LogP contribution is 2.23. The van der Waals surface area contributed by atoms with Crippen LogP contribution in [0.1, 0.15) is 15.9 Å². The zero-order chi connectivity index (χ0) is 13.8. The van der Waals surface area contributed by atoms with Crippen molar-refractivity contribution in [1.82, 2.24) is 0 Å². The van der Waals surface area contributed by atoms with Gasteiger partial charge in [-0.2, -0.15) is 0 Å². The van der Waals surface area contributed by atoms with E-state index in [1.54, 1.807) is 36.4 Å². The number of nitrogen functional groups attached to an aromatic ring is 1. The summed E-state index contributed by atoms with van der Waals surface area (Å²) in [4.78, 5) is 11.9. The van der Waals surface area contributed by atoms with E-state index in [4.69, 9.17) is 28.9 Å². The molecule has 0 heterocycles. The molecule has 96 valence electrons. The second kappa shape index (κ2) is 5.91. The van der Waals surface area contributed by atoms with Crippen molar-refractivity contribution >= 4 is 40.7 Å². The zero-order valence-electron chi connectivity index (χ0n) is 9.94. The van der Waals surface area contributed by atoms with Crippen LogP contribution in [-0.2, 0) is 0 Å². The third-order valence-electron chi connectivity index (χ3n) is 2.57. The summed E-state index contributed by atoms with van der Waals surface area (Å²) in [6, 6.07) is 12.0. The maximum Gasteiger partial charge on any atom is 0.185 e. The quantitative estimate of drug-likeness (QED) is 0.515. The van der Waals surface area contributed by atoms with Crippen LogP contribution in [-0.4, -0.2) is 5.78 Å². The Balaban J connectivity index is 2.16. The molecule has 2 nitrogen and oxygen atoms in total. The predicted molar refractivity (Wildman–Crippen MR) is 80.7 cm³/mol. The molecule has 2 aromatic rings. The highest BCUT2D eigenvalue weighted by Gasteiger charge is 2.04. The molecular formula is C15H11Cl2NO. The molecule has 0 saturated heterocycles. The van der Waals surface area contributed by atoms with Crippen LogP contribution in [0.2, 0.25) is 10.0 Å². The summed E-state index contributed by atoms with van der Waals surface area (Å²) in [5, 5.41) is 0.800. The summed E-state index contributed by atoms with van der Waals surface area (Å²) in [5.74, 6) is -0.129. The lowest BCUT2D eigenvalue weighted by molar-refractivity contribution is 0.104. The predicted octanol–water partition coefficient (Wildman–Crippen LogP) is 4.47. The summed E-state index contributed by atoms with van der Waals surface area (Å²) >= 11 is 11.7. The monoisotopic (exact) mass is 291 g/mol. The molecule has 4 heteroatoms. The van der Waals surface area contributed by atoms with Crippen molar-refractivity contribution in [3.05, 3.63) is 69.7 Å². The molecule has 2 rings (SSSR count). The number of rotatable bonds is 3. The molecule has 0 amide bonds. The van der Waals surface area contributed by atoms with Crippen molar-refractivity contribution < 1.29 is 4.79 Å². The van der Waals surface area contributed by atoms with E-state index in [9.17, 15) is 4.79 Å². The van der Waals surface area contributed by atoms with Crippen molar-refractivity contribution in [3.63, 3.8) is 0 Å². The number of hydrogen-bond acceptors (Lipinski definition) is 2. The van der Waals surface area contributed by atoms with E-state index < -0.39 is 0 Å². The highest BCUT2D eigenvalue weighted by atomic mass is 35.5. The molecule has 0 bridgehead atoms. The van der Waals surface area contributed by atoms with E-state index in [1.165, 1.54) is 6.08 Å². The first-order valence-corrected chi connectivity index (χ1v) is 6.35. The van der Waals surface area contributed by atoms with Crippen LogP contribution in [0.5, 0.6) is 0 Å². The van der Waals surface area contributed by atoms with E-state index in [1.807, 2.05) is 12.1 Å². The molecule has 0 aliphatic carbocycles. The lowest BCUT2D eigenvalue weighted by Gasteiger charge is -1.99. The molecule has 0 radical (unpaired) electrons. The largest absolute Gasteiger partial charge is 0.399 e. The summed E-state index contributed by atoms with van der Waals surface area (Å²) in [6.07, 6.45) is 3.22. The third kappa shape index (κ3) is 3.60. The van der Waals surface area contributed by atoms with Gasteiger partial charge in [0.25, 0.3) is 0 Å². The fraction of sp³-hybridized carbons (Fsp3) is 0. The SMILES string of the molecule is Nc1ccc(/C=C/C(=O)c2ccc(Cl)c(Cl)c2)cc1. The van der Waals surface area contributed by atoms with Gasteiger partial charge in [-0.15, -0.1) is 0 Å². The molecule has 19 heavy (non-hydrogen) atoms. The van der Waals surface area contributed by atoms with Gasteiger partial charge >= 0.3 is 0 Å². The molecule has 0 aliphatic rings. The molecule has 0 spiro atoms. The Morgan fingerprint density at radius 2 is 1.68 bits per heavy atom. The first-order valence-electron chi connectivity index (χ1n) is 5.59.